The molecule has 5 nitrogen and oxygen atoms in total. The summed E-state index contributed by atoms with van der Waals surface area (Å²) in [5.41, 5.74) is 4.50. The monoisotopic (exact) mass is 349 g/mol. The predicted molar refractivity (Wildman–Crippen MR) is 103 cm³/mol. The minimum atomic E-state index is -0.158. The number of amides is 1. The summed E-state index contributed by atoms with van der Waals surface area (Å²) in [5, 5.41) is 7.38. The third-order valence-corrected chi connectivity index (χ3v) is 4.09. The fourth-order valence-corrected chi connectivity index (χ4v) is 2.82. The van der Waals surface area contributed by atoms with Gasteiger partial charge in [0.1, 0.15) is 5.75 Å². The molecule has 134 valence electrons. The Bertz CT molecular complexity index is 898. The van der Waals surface area contributed by atoms with Crippen molar-refractivity contribution in [2.75, 3.05) is 11.9 Å². The fraction of sp³-hybridized carbons (Fsp3) is 0.238. The molecule has 0 aliphatic carbocycles. The van der Waals surface area contributed by atoms with Crippen molar-refractivity contribution in [1.82, 2.24) is 9.78 Å². The van der Waals surface area contributed by atoms with Crippen LogP contribution < -0.4 is 10.1 Å². The van der Waals surface area contributed by atoms with Crippen LogP contribution in [0.3, 0.4) is 0 Å². The SMILES string of the molecule is CCOc1ccccc1NC(=O)c1ccc(Cn2nc(C)cc2C)cc1. The van der Waals surface area contributed by atoms with Crippen LogP contribution in [0.4, 0.5) is 5.69 Å². The van der Waals surface area contributed by atoms with E-state index in [2.05, 4.69) is 16.5 Å². The molecule has 1 aromatic heterocycles. The van der Waals surface area contributed by atoms with E-state index < -0.39 is 0 Å². The first-order valence-corrected chi connectivity index (χ1v) is 8.70. The normalized spacial score (nSPS) is 10.6. The molecule has 26 heavy (non-hydrogen) atoms. The summed E-state index contributed by atoms with van der Waals surface area (Å²) in [6.07, 6.45) is 0. The highest BCUT2D eigenvalue weighted by Crippen LogP contribution is 2.24. The molecule has 0 bridgehead atoms. The number of aryl methyl sites for hydroxylation is 2. The summed E-state index contributed by atoms with van der Waals surface area (Å²) in [7, 11) is 0. The number of rotatable bonds is 6. The Kier molecular flexibility index (Phi) is 5.37. The standard InChI is InChI=1S/C21H23N3O2/c1-4-26-20-8-6-5-7-19(20)22-21(25)18-11-9-17(10-12-18)14-24-16(3)13-15(2)23-24/h5-13H,4,14H2,1-3H3,(H,22,25). The van der Waals surface area contributed by atoms with Crippen LogP contribution >= 0.6 is 0 Å². The lowest BCUT2D eigenvalue weighted by Gasteiger charge is -2.11. The summed E-state index contributed by atoms with van der Waals surface area (Å²) < 4.78 is 7.51. The molecule has 1 N–H and O–H groups in total. The summed E-state index contributed by atoms with van der Waals surface area (Å²) in [6.45, 7) is 7.18. The van der Waals surface area contributed by atoms with Crippen molar-refractivity contribution in [2.24, 2.45) is 0 Å². The van der Waals surface area contributed by atoms with Gasteiger partial charge in [-0.05, 0) is 56.7 Å². The number of anilines is 1. The van der Waals surface area contributed by atoms with Crippen molar-refractivity contribution in [3.63, 3.8) is 0 Å². The molecule has 3 aromatic rings. The Balaban J connectivity index is 1.70. The van der Waals surface area contributed by atoms with Crippen LogP contribution in [0.5, 0.6) is 5.75 Å². The van der Waals surface area contributed by atoms with Crippen molar-refractivity contribution >= 4 is 11.6 Å². The smallest absolute Gasteiger partial charge is 0.255 e. The fourth-order valence-electron chi connectivity index (χ4n) is 2.82. The van der Waals surface area contributed by atoms with Gasteiger partial charge >= 0.3 is 0 Å². The molecule has 0 aliphatic heterocycles. The van der Waals surface area contributed by atoms with Gasteiger partial charge in [-0.3, -0.25) is 9.48 Å². The Morgan fingerprint density at radius 2 is 1.85 bits per heavy atom. The lowest BCUT2D eigenvalue weighted by Crippen LogP contribution is -2.13. The molecular weight excluding hydrogens is 326 g/mol. The Labute approximate surface area is 153 Å². The van der Waals surface area contributed by atoms with Gasteiger partial charge in [0.25, 0.3) is 5.91 Å². The molecule has 0 atom stereocenters. The first-order chi connectivity index (χ1) is 12.6. The summed E-state index contributed by atoms with van der Waals surface area (Å²) >= 11 is 0. The lowest BCUT2D eigenvalue weighted by atomic mass is 10.1. The third-order valence-electron chi connectivity index (χ3n) is 4.09. The zero-order valence-corrected chi connectivity index (χ0v) is 15.3. The number of aromatic nitrogens is 2. The number of nitrogens with one attached hydrogen (secondary N) is 1. The van der Waals surface area contributed by atoms with E-state index in [1.165, 1.54) is 0 Å². The first-order valence-electron chi connectivity index (χ1n) is 8.70. The van der Waals surface area contributed by atoms with E-state index in [9.17, 15) is 4.79 Å². The highest BCUT2D eigenvalue weighted by atomic mass is 16.5. The number of hydrogen-bond donors (Lipinski definition) is 1. The van der Waals surface area contributed by atoms with Gasteiger partial charge < -0.3 is 10.1 Å². The molecule has 5 heteroatoms. The van der Waals surface area contributed by atoms with E-state index >= 15 is 0 Å². The molecule has 1 heterocycles. The maximum atomic E-state index is 12.5. The minimum Gasteiger partial charge on any atom is -0.492 e. The molecule has 2 aromatic carbocycles. The molecule has 0 radical (unpaired) electrons. The van der Waals surface area contributed by atoms with Crippen molar-refractivity contribution in [3.05, 3.63) is 77.1 Å². The molecule has 1 amide bonds. The Morgan fingerprint density at radius 3 is 2.50 bits per heavy atom. The maximum Gasteiger partial charge on any atom is 0.255 e. The second-order valence-electron chi connectivity index (χ2n) is 6.16. The first kappa shape index (κ1) is 17.7. The second-order valence-corrected chi connectivity index (χ2v) is 6.16. The van der Waals surface area contributed by atoms with Gasteiger partial charge in [0.2, 0.25) is 0 Å². The van der Waals surface area contributed by atoms with E-state index in [1.54, 1.807) is 0 Å². The second kappa shape index (κ2) is 7.87. The van der Waals surface area contributed by atoms with Crippen molar-refractivity contribution in [2.45, 2.75) is 27.3 Å². The number of hydrogen-bond acceptors (Lipinski definition) is 3. The van der Waals surface area contributed by atoms with Crippen molar-refractivity contribution in [1.29, 1.82) is 0 Å². The van der Waals surface area contributed by atoms with Crippen LogP contribution in [0.25, 0.3) is 0 Å². The van der Waals surface area contributed by atoms with Gasteiger partial charge in [-0.1, -0.05) is 24.3 Å². The van der Waals surface area contributed by atoms with Crippen LogP contribution in [0, 0.1) is 13.8 Å². The summed E-state index contributed by atoms with van der Waals surface area (Å²) in [6, 6.07) is 17.1. The Hall–Kier alpha value is -3.08. The van der Waals surface area contributed by atoms with Gasteiger partial charge in [0.05, 0.1) is 24.5 Å². The highest BCUT2D eigenvalue weighted by molar-refractivity contribution is 6.05. The molecule has 0 saturated heterocycles. The summed E-state index contributed by atoms with van der Waals surface area (Å²) in [5.74, 6) is 0.513. The van der Waals surface area contributed by atoms with E-state index in [4.69, 9.17) is 4.74 Å². The molecule has 0 fully saturated rings. The van der Waals surface area contributed by atoms with Crippen LogP contribution in [0.15, 0.2) is 54.6 Å². The van der Waals surface area contributed by atoms with Crippen LogP contribution in [-0.2, 0) is 6.54 Å². The number of carbonyl (C=O) groups is 1. The van der Waals surface area contributed by atoms with Crippen molar-refractivity contribution in [3.8, 4) is 5.75 Å². The molecule has 0 aliphatic rings. The van der Waals surface area contributed by atoms with E-state index in [0.717, 1.165) is 17.0 Å². The Morgan fingerprint density at radius 1 is 1.12 bits per heavy atom. The third kappa shape index (κ3) is 4.11. The van der Waals surface area contributed by atoms with E-state index in [1.807, 2.05) is 74.0 Å². The van der Waals surface area contributed by atoms with Crippen LogP contribution in [0.2, 0.25) is 0 Å². The number of ether oxygens (including phenoxy) is 1. The molecule has 3 rings (SSSR count). The van der Waals surface area contributed by atoms with E-state index in [0.29, 0.717) is 30.2 Å². The molecule has 0 unspecified atom stereocenters. The maximum absolute atomic E-state index is 12.5. The number of carbonyl (C=O) groups excluding carboxylic acids is 1. The zero-order valence-electron chi connectivity index (χ0n) is 15.3. The molecular formula is C21H23N3O2. The minimum absolute atomic E-state index is 0.158. The predicted octanol–water partition coefficient (Wildman–Crippen LogP) is 4.20. The topological polar surface area (TPSA) is 56.1 Å². The average molecular weight is 349 g/mol. The van der Waals surface area contributed by atoms with Crippen LogP contribution in [-0.4, -0.2) is 22.3 Å². The number of para-hydroxylation sites is 2. The number of nitrogens with zero attached hydrogens (tertiary/aromatic N) is 2. The quantitative estimate of drug-likeness (QED) is 0.726. The molecule has 0 spiro atoms. The van der Waals surface area contributed by atoms with Gasteiger partial charge in [-0.15, -0.1) is 0 Å². The van der Waals surface area contributed by atoms with Crippen molar-refractivity contribution < 1.29 is 9.53 Å². The molecule has 0 saturated carbocycles. The number of benzene rings is 2. The summed E-state index contributed by atoms with van der Waals surface area (Å²) in [4.78, 5) is 12.5. The largest absolute Gasteiger partial charge is 0.492 e. The highest BCUT2D eigenvalue weighted by Gasteiger charge is 2.10. The van der Waals surface area contributed by atoms with Crippen LogP contribution in [0.1, 0.15) is 34.2 Å². The van der Waals surface area contributed by atoms with E-state index in [-0.39, 0.29) is 5.91 Å². The van der Waals surface area contributed by atoms with Gasteiger partial charge in [-0.2, -0.15) is 5.10 Å². The van der Waals surface area contributed by atoms with Gasteiger partial charge in [-0.25, -0.2) is 0 Å². The van der Waals surface area contributed by atoms with Gasteiger partial charge in [0.15, 0.2) is 0 Å². The lowest BCUT2D eigenvalue weighted by molar-refractivity contribution is 0.102. The average Bonchev–Trinajstić information content (AvgIpc) is 2.94. The van der Waals surface area contributed by atoms with Gasteiger partial charge in [0, 0.05) is 11.3 Å². The zero-order chi connectivity index (χ0) is 18.5.